The Bertz CT molecular complexity index is 961. The molecule has 0 heterocycles. The molecule has 0 bridgehead atoms. The van der Waals surface area contributed by atoms with Gasteiger partial charge in [-0.1, -0.05) is 49.6 Å². The third-order valence-electron chi connectivity index (χ3n) is 5.25. The maximum atomic E-state index is 12.7. The molecule has 162 valence electrons. The summed E-state index contributed by atoms with van der Waals surface area (Å²) in [6.07, 6.45) is 9.68. The lowest BCUT2D eigenvalue weighted by Crippen LogP contribution is -2.22. The Labute approximate surface area is 182 Å². The van der Waals surface area contributed by atoms with Crippen LogP contribution >= 0.6 is 0 Å². The van der Waals surface area contributed by atoms with Gasteiger partial charge in [-0.2, -0.15) is 0 Å². The highest BCUT2D eigenvalue weighted by Crippen LogP contribution is 2.24. The van der Waals surface area contributed by atoms with E-state index in [1.54, 1.807) is 30.3 Å². The predicted molar refractivity (Wildman–Crippen MR) is 120 cm³/mol. The van der Waals surface area contributed by atoms with Crippen LogP contribution in [0.5, 0.6) is 5.75 Å². The van der Waals surface area contributed by atoms with Crippen LogP contribution in [-0.2, 0) is 16.1 Å². The largest absolute Gasteiger partial charge is 0.427 e. The Morgan fingerprint density at radius 1 is 1.03 bits per heavy atom. The Morgan fingerprint density at radius 3 is 2.58 bits per heavy atom. The Kier molecular flexibility index (Phi) is 7.98. The fraction of sp³-hybridized carbons (Fsp3) is 0.320. The standard InChI is InChI=1S/C25H28N2O4/c1-18(28)31-22-12-7-11-20(16-22)25(30)27-23-13-6-5-10-21(23)17-26-24(29)15-14-19-8-3-2-4-9-19/h5-7,10-16,19H,2-4,8-9,17H2,1H3,(H,26,29)(H,27,30)/b15-14+. The van der Waals surface area contributed by atoms with Gasteiger partial charge in [0.15, 0.2) is 0 Å². The maximum Gasteiger partial charge on any atom is 0.308 e. The fourth-order valence-corrected chi connectivity index (χ4v) is 3.65. The summed E-state index contributed by atoms with van der Waals surface area (Å²) in [6.45, 7) is 1.61. The molecule has 1 fully saturated rings. The molecule has 31 heavy (non-hydrogen) atoms. The molecular formula is C25H28N2O4. The van der Waals surface area contributed by atoms with Crippen molar-refractivity contribution in [1.82, 2.24) is 5.32 Å². The van der Waals surface area contributed by atoms with Crippen LogP contribution in [0.4, 0.5) is 5.69 Å². The molecule has 6 nitrogen and oxygen atoms in total. The number of anilines is 1. The molecular weight excluding hydrogens is 392 g/mol. The second-order valence-electron chi connectivity index (χ2n) is 7.71. The van der Waals surface area contributed by atoms with Gasteiger partial charge >= 0.3 is 5.97 Å². The third-order valence-corrected chi connectivity index (χ3v) is 5.25. The van der Waals surface area contributed by atoms with Crippen molar-refractivity contribution in [3.8, 4) is 5.75 Å². The molecule has 0 saturated heterocycles. The zero-order valence-electron chi connectivity index (χ0n) is 17.7. The number of benzene rings is 2. The van der Waals surface area contributed by atoms with Crippen molar-refractivity contribution in [2.45, 2.75) is 45.6 Å². The van der Waals surface area contributed by atoms with Gasteiger partial charge in [0.1, 0.15) is 5.75 Å². The Hall–Kier alpha value is -3.41. The van der Waals surface area contributed by atoms with Gasteiger partial charge in [0, 0.05) is 24.7 Å². The van der Waals surface area contributed by atoms with Crippen molar-refractivity contribution in [1.29, 1.82) is 0 Å². The molecule has 1 aliphatic rings. The third kappa shape index (κ3) is 7.10. The van der Waals surface area contributed by atoms with E-state index in [0.717, 1.165) is 18.4 Å². The highest BCUT2D eigenvalue weighted by molar-refractivity contribution is 6.05. The van der Waals surface area contributed by atoms with Crippen molar-refractivity contribution in [2.75, 3.05) is 5.32 Å². The van der Waals surface area contributed by atoms with E-state index in [-0.39, 0.29) is 11.8 Å². The van der Waals surface area contributed by atoms with Gasteiger partial charge in [-0.25, -0.2) is 0 Å². The van der Waals surface area contributed by atoms with Crippen LogP contribution in [-0.4, -0.2) is 17.8 Å². The van der Waals surface area contributed by atoms with Crippen LogP contribution in [0.2, 0.25) is 0 Å². The molecule has 0 unspecified atom stereocenters. The van der Waals surface area contributed by atoms with E-state index in [9.17, 15) is 14.4 Å². The van der Waals surface area contributed by atoms with Crippen molar-refractivity contribution in [3.63, 3.8) is 0 Å². The summed E-state index contributed by atoms with van der Waals surface area (Å²) in [5.41, 5.74) is 1.78. The van der Waals surface area contributed by atoms with Crippen LogP contribution in [0.15, 0.2) is 60.7 Å². The van der Waals surface area contributed by atoms with E-state index in [4.69, 9.17) is 4.74 Å². The topological polar surface area (TPSA) is 84.5 Å². The highest BCUT2D eigenvalue weighted by Gasteiger charge is 2.12. The molecule has 0 aromatic heterocycles. The molecule has 0 aliphatic heterocycles. The summed E-state index contributed by atoms with van der Waals surface area (Å²) < 4.78 is 5.04. The minimum absolute atomic E-state index is 0.138. The average Bonchev–Trinajstić information content (AvgIpc) is 2.77. The summed E-state index contributed by atoms with van der Waals surface area (Å²) in [4.78, 5) is 36.0. The number of allylic oxidation sites excluding steroid dienone is 1. The summed E-state index contributed by atoms with van der Waals surface area (Å²) >= 11 is 0. The second-order valence-corrected chi connectivity index (χ2v) is 7.71. The minimum Gasteiger partial charge on any atom is -0.427 e. The van der Waals surface area contributed by atoms with Crippen LogP contribution in [0.1, 0.15) is 54.9 Å². The van der Waals surface area contributed by atoms with Crippen molar-refractivity contribution in [2.24, 2.45) is 5.92 Å². The molecule has 2 aromatic rings. The zero-order valence-corrected chi connectivity index (χ0v) is 17.7. The van der Waals surface area contributed by atoms with Crippen LogP contribution in [0.3, 0.4) is 0 Å². The number of carbonyl (C=O) groups excluding carboxylic acids is 3. The van der Waals surface area contributed by atoms with Gasteiger partial charge in [0.2, 0.25) is 5.91 Å². The van der Waals surface area contributed by atoms with Crippen LogP contribution in [0.25, 0.3) is 0 Å². The van der Waals surface area contributed by atoms with E-state index >= 15 is 0 Å². The summed E-state index contributed by atoms with van der Waals surface area (Å²) in [7, 11) is 0. The fourth-order valence-electron chi connectivity index (χ4n) is 3.65. The first kappa shape index (κ1) is 22.3. The highest BCUT2D eigenvalue weighted by atomic mass is 16.5. The van der Waals surface area contributed by atoms with Gasteiger partial charge in [-0.15, -0.1) is 0 Å². The lowest BCUT2D eigenvalue weighted by atomic mass is 9.89. The van der Waals surface area contributed by atoms with E-state index in [2.05, 4.69) is 10.6 Å². The van der Waals surface area contributed by atoms with Gasteiger partial charge in [0.05, 0.1) is 0 Å². The molecule has 0 radical (unpaired) electrons. The first-order valence-corrected chi connectivity index (χ1v) is 10.6. The molecule has 3 rings (SSSR count). The molecule has 2 N–H and O–H groups in total. The number of rotatable bonds is 7. The lowest BCUT2D eigenvalue weighted by molar-refractivity contribution is -0.131. The maximum absolute atomic E-state index is 12.7. The first-order valence-electron chi connectivity index (χ1n) is 10.6. The van der Waals surface area contributed by atoms with Crippen molar-refractivity contribution in [3.05, 3.63) is 71.8 Å². The summed E-state index contributed by atoms with van der Waals surface area (Å²) in [5.74, 6) is -0.110. The number of esters is 1. The normalized spacial score (nSPS) is 14.2. The molecule has 1 saturated carbocycles. The molecule has 0 spiro atoms. The minimum atomic E-state index is -0.448. The van der Waals surface area contributed by atoms with Gasteiger partial charge in [-0.05, 0) is 54.7 Å². The van der Waals surface area contributed by atoms with Crippen molar-refractivity contribution >= 4 is 23.5 Å². The summed E-state index contributed by atoms with van der Waals surface area (Å²) in [5, 5.41) is 5.75. The average molecular weight is 421 g/mol. The second kappa shape index (κ2) is 11.1. The number of amides is 2. The predicted octanol–water partition coefficient (Wildman–Crippen LogP) is 4.62. The zero-order chi connectivity index (χ0) is 22.1. The number of hydrogen-bond donors (Lipinski definition) is 2. The molecule has 1 aliphatic carbocycles. The quantitative estimate of drug-likeness (QED) is 0.389. The Balaban J connectivity index is 1.59. The van der Waals surface area contributed by atoms with Gasteiger partial charge < -0.3 is 15.4 Å². The monoisotopic (exact) mass is 420 g/mol. The molecule has 2 amide bonds. The first-order chi connectivity index (χ1) is 15.0. The van der Waals surface area contributed by atoms with E-state index in [0.29, 0.717) is 29.5 Å². The van der Waals surface area contributed by atoms with Gasteiger partial charge in [-0.3, -0.25) is 14.4 Å². The molecule has 6 heteroatoms. The number of ether oxygens (including phenoxy) is 1. The number of para-hydroxylation sites is 1. The smallest absolute Gasteiger partial charge is 0.308 e. The van der Waals surface area contributed by atoms with Crippen molar-refractivity contribution < 1.29 is 19.1 Å². The van der Waals surface area contributed by atoms with Gasteiger partial charge in [0.25, 0.3) is 5.91 Å². The van der Waals surface area contributed by atoms with Crippen LogP contribution < -0.4 is 15.4 Å². The molecule has 0 atom stereocenters. The summed E-state index contributed by atoms with van der Waals surface area (Å²) in [6, 6.07) is 13.7. The lowest BCUT2D eigenvalue weighted by Gasteiger charge is -2.17. The number of nitrogens with one attached hydrogen (secondary N) is 2. The number of hydrogen-bond acceptors (Lipinski definition) is 4. The SMILES string of the molecule is CC(=O)Oc1cccc(C(=O)Nc2ccccc2CNC(=O)/C=C/C2CCCCC2)c1. The van der Waals surface area contributed by atoms with E-state index in [1.165, 1.54) is 32.3 Å². The number of carbonyl (C=O) groups is 3. The van der Waals surface area contributed by atoms with E-state index < -0.39 is 5.97 Å². The Morgan fingerprint density at radius 2 is 1.81 bits per heavy atom. The van der Waals surface area contributed by atoms with Crippen LogP contribution in [0, 0.1) is 5.92 Å². The van der Waals surface area contributed by atoms with E-state index in [1.807, 2.05) is 24.3 Å². The molecule has 2 aromatic carbocycles.